The fourth-order valence-electron chi connectivity index (χ4n) is 2.99. The van der Waals surface area contributed by atoms with Crippen LogP contribution < -0.4 is 5.32 Å². The maximum atomic E-state index is 12.4. The monoisotopic (exact) mass is 417 g/mol. The van der Waals surface area contributed by atoms with Crippen molar-refractivity contribution in [3.8, 4) is 22.9 Å². The standard InChI is InChI=1S/C24H20ClN3O2/c1-16-2-6-19(7-3-16)23-27-28-24(30-23)20-10-8-18(9-11-20)22(29)26-15-14-17-4-12-21(25)13-5-17/h2-13H,14-15H2,1H3,(H,26,29). The van der Waals surface area contributed by atoms with Crippen molar-refractivity contribution in [2.75, 3.05) is 6.54 Å². The molecule has 4 aromatic rings. The minimum Gasteiger partial charge on any atom is -0.416 e. The predicted octanol–water partition coefficient (Wildman–Crippen LogP) is 5.34. The van der Waals surface area contributed by atoms with Gasteiger partial charge in [0, 0.05) is 28.3 Å². The number of amides is 1. The first-order valence-corrected chi connectivity index (χ1v) is 10.00. The smallest absolute Gasteiger partial charge is 0.251 e. The molecule has 1 N–H and O–H groups in total. The zero-order valence-electron chi connectivity index (χ0n) is 16.4. The second kappa shape index (κ2) is 8.93. The first-order chi connectivity index (χ1) is 14.6. The van der Waals surface area contributed by atoms with Crippen LogP contribution in [0.1, 0.15) is 21.5 Å². The van der Waals surface area contributed by atoms with Crippen LogP contribution in [0.3, 0.4) is 0 Å². The second-order valence-corrected chi connectivity index (χ2v) is 7.42. The Morgan fingerprint density at radius 1 is 0.867 bits per heavy atom. The number of hydrogen-bond donors (Lipinski definition) is 1. The van der Waals surface area contributed by atoms with E-state index in [0.717, 1.165) is 23.1 Å². The Bertz CT molecular complexity index is 1130. The molecule has 0 aliphatic carbocycles. The molecule has 1 amide bonds. The summed E-state index contributed by atoms with van der Waals surface area (Å²) in [5.41, 5.74) is 4.50. The van der Waals surface area contributed by atoms with Gasteiger partial charge in [-0.3, -0.25) is 4.79 Å². The highest BCUT2D eigenvalue weighted by Gasteiger charge is 2.12. The van der Waals surface area contributed by atoms with Gasteiger partial charge in [-0.25, -0.2) is 0 Å². The van der Waals surface area contributed by atoms with Gasteiger partial charge in [0.1, 0.15) is 0 Å². The summed E-state index contributed by atoms with van der Waals surface area (Å²) >= 11 is 5.89. The SMILES string of the molecule is Cc1ccc(-c2nnc(-c3ccc(C(=O)NCCc4ccc(Cl)cc4)cc3)o2)cc1. The number of nitrogens with one attached hydrogen (secondary N) is 1. The molecule has 0 unspecified atom stereocenters. The summed E-state index contributed by atoms with van der Waals surface area (Å²) in [6.45, 7) is 2.57. The van der Waals surface area contributed by atoms with Crippen LogP contribution >= 0.6 is 11.6 Å². The van der Waals surface area contributed by atoms with Gasteiger partial charge >= 0.3 is 0 Å². The van der Waals surface area contributed by atoms with E-state index in [1.807, 2.05) is 55.5 Å². The lowest BCUT2D eigenvalue weighted by molar-refractivity contribution is 0.0954. The maximum absolute atomic E-state index is 12.4. The lowest BCUT2D eigenvalue weighted by atomic mass is 10.1. The van der Waals surface area contributed by atoms with Crippen LogP contribution in [0.15, 0.2) is 77.2 Å². The van der Waals surface area contributed by atoms with E-state index in [4.69, 9.17) is 16.0 Å². The van der Waals surface area contributed by atoms with Crippen LogP contribution in [0, 0.1) is 6.92 Å². The van der Waals surface area contributed by atoms with Crippen molar-refractivity contribution in [2.45, 2.75) is 13.3 Å². The molecule has 0 aliphatic rings. The highest BCUT2D eigenvalue weighted by Crippen LogP contribution is 2.24. The summed E-state index contributed by atoms with van der Waals surface area (Å²) in [4.78, 5) is 12.4. The van der Waals surface area contributed by atoms with Gasteiger partial charge in [-0.1, -0.05) is 41.4 Å². The molecule has 0 spiro atoms. The Kier molecular flexibility index (Phi) is 5.91. The molecule has 0 bridgehead atoms. The van der Waals surface area contributed by atoms with Crippen molar-refractivity contribution in [1.82, 2.24) is 15.5 Å². The largest absolute Gasteiger partial charge is 0.416 e. The highest BCUT2D eigenvalue weighted by molar-refractivity contribution is 6.30. The fraction of sp³-hybridized carbons (Fsp3) is 0.125. The van der Waals surface area contributed by atoms with Crippen LogP contribution in [0.2, 0.25) is 5.02 Å². The van der Waals surface area contributed by atoms with Gasteiger partial charge in [-0.15, -0.1) is 10.2 Å². The third-order valence-corrected chi connectivity index (χ3v) is 4.98. The number of carbonyl (C=O) groups excluding carboxylic acids is 1. The molecule has 0 fully saturated rings. The molecule has 30 heavy (non-hydrogen) atoms. The Labute approximate surface area is 179 Å². The number of halogens is 1. The molecule has 0 saturated heterocycles. The molecular formula is C24H20ClN3O2. The summed E-state index contributed by atoms with van der Waals surface area (Å²) in [6.07, 6.45) is 0.741. The van der Waals surface area contributed by atoms with Crippen LogP contribution in [0.4, 0.5) is 0 Å². The van der Waals surface area contributed by atoms with Crippen molar-refractivity contribution in [2.24, 2.45) is 0 Å². The molecule has 6 heteroatoms. The molecule has 5 nitrogen and oxygen atoms in total. The molecule has 150 valence electrons. The zero-order chi connectivity index (χ0) is 20.9. The number of nitrogens with zero attached hydrogens (tertiary/aromatic N) is 2. The number of aryl methyl sites for hydroxylation is 1. The average molecular weight is 418 g/mol. The van der Waals surface area contributed by atoms with E-state index in [9.17, 15) is 4.79 Å². The Balaban J connectivity index is 1.37. The molecule has 1 aromatic heterocycles. The van der Waals surface area contributed by atoms with Crippen LogP contribution in [0.5, 0.6) is 0 Å². The average Bonchev–Trinajstić information content (AvgIpc) is 3.26. The van der Waals surface area contributed by atoms with Gasteiger partial charge in [0.2, 0.25) is 11.8 Å². The van der Waals surface area contributed by atoms with Gasteiger partial charge in [0.25, 0.3) is 5.91 Å². The topological polar surface area (TPSA) is 68.0 Å². The third-order valence-electron chi connectivity index (χ3n) is 4.73. The van der Waals surface area contributed by atoms with E-state index in [2.05, 4.69) is 15.5 Å². The predicted molar refractivity (Wildman–Crippen MR) is 117 cm³/mol. The molecule has 0 radical (unpaired) electrons. The molecular weight excluding hydrogens is 398 g/mol. The van der Waals surface area contributed by atoms with Crippen LogP contribution in [0.25, 0.3) is 22.9 Å². The first-order valence-electron chi connectivity index (χ1n) is 9.62. The molecule has 0 aliphatic heterocycles. The minimum atomic E-state index is -0.124. The van der Waals surface area contributed by atoms with Crippen molar-refractivity contribution >= 4 is 17.5 Å². The van der Waals surface area contributed by atoms with Crippen molar-refractivity contribution < 1.29 is 9.21 Å². The third kappa shape index (κ3) is 4.75. The number of benzene rings is 3. The van der Waals surface area contributed by atoms with Crippen molar-refractivity contribution in [3.05, 3.63) is 94.5 Å². The summed E-state index contributed by atoms with van der Waals surface area (Å²) in [5, 5.41) is 11.9. The highest BCUT2D eigenvalue weighted by atomic mass is 35.5. The molecule has 0 atom stereocenters. The molecule has 4 rings (SSSR count). The Hall–Kier alpha value is -3.44. The van der Waals surface area contributed by atoms with E-state index >= 15 is 0 Å². The van der Waals surface area contributed by atoms with E-state index < -0.39 is 0 Å². The van der Waals surface area contributed by atoms with Crippen LogP contribution in [-0.4, -0.2) is 22.6 Å². The van der Waals surface area contributed by atoms with E-state index in [-0.39, 0.29) is 5.91 Å². The van der Waals surface area contributed by atoms with E-state index in [1.165, 1.54) is 5.56 Å². The summed E-state index contributed by atoms with van der Waals surface area (Å²) in [6, 6.07) is 22.6. The lowest BCUT2D eigenvalue weighted by Gasteiger charge is -2.06. The summed E-state index contributed by atoms with van der Waals surface area (Å²) in [5.74, 6) is 0.760. The second-order valence-electron chi connectivity index (χ2n) is 6.99. The Morgan fingerprint density at radius 3 is 2.03 bits per heavy atom. The van der Waals surface area contributed by atoms with Gasteiger partial charge < -0.3 is 9.73 Å². The van der Waals surface area contributed by atoms with Gasteiger partial charge in [-0.05, 0) is 67.4 Å². The lowest BCUT2D eigenvalue weighted by Crippen LogP contribution is -2.25. The molecule has 3 aromatic carbocycles. The number of hydrogen-bond acceptors (Lipinski definition) is 4. The molecule has 0 saturated carbocycles. The molecule has 1 heterocycles. The van der Waals surface area contributed by atoms with Crippen molar-refractivity contribution in [3.63, 3.8) is 0 Å². The number of aromatic nitrogens is 2. The Morgan fingerprint density at radius 2 is 1.43 bits per heavy atom. The minimum absolute atomic E-state index is 0.124. The van der Waals surface area contributed by atoms with Gasteiger partial charge in [0.15, 0.2) is 0 Å². The van der Waals surface area contributed by atoms with E-state index in [0.29, 0.717) is 28.9 Å². The number of carbonyl (C=O) groups is 1. The maximum Gasteiger partial charge on any atom is 0.251 e. The quantitative estimate of drug-likeness (QED) is 0.460. The normalized spacial score (nSPS) is 10.7. The summed E-state index contributed by atoms with van der Waals surface area (Å²) in [7, 11) is 0. The van der Waals surface area contributed by atoms with E-state index in [1.54, 1.807) is 24.3 Å². The summed E-state index contributed by atoms with van der Waals surface area (Å²) < 4.78 is 5.79. The van der Waals surface area contributed by atoms with Gasteiger partial charge in [-0.2, -0.15) is 0 Å². The zero-order valence-corrected chi connectivity index (χ0v) is 17.2. The fourth-order valence-corrected chi connectivity index (χ4v) is 3.12. The van der Waals surface area contributed by atoms with Crippen molar-refractivity contribution in [1.29, 1.82) is 0 Å². The van der Waals surface area contributed by atoms with Gasteiger partial charge in [0.05, 0.1) is 0 Å². The number of rotatable bonds is 6. The van der Waals surface area contributed by atoms with Crippen LogP contribution in [-0.2, 0) is 6.42 Å². The first kappa shape index (κ1) is 19.9.